The molecule has 1 aromatic heterocycles. The highest BCUT2D eigenvalue weighted by Crippen LogP contribution is 2.34. The molecule has 0 amide bonds. The molecular weight excluding hydrogens is 378 g/mol. The quantitative estimate of drug-likeness (QED) is 0.642. The van der Waals surface area contributed by atoms with Crippen LogP contribution in [0, 0.1) is 0 Å². The lowest BCUT2D eigenvalue weighted by Gasteiger charge is -2.25. The van der Waals surface area contributed by atoms with Crippen LogP contribution >= 0.6 is 23.4 Å². The fourth-order valence-electron chi connectivity index (χ4n) is 3.06. The lowest BCUT2D eigenvalue weighted by Crippen LogP contribution is -2.20. The number of nitrogens with zero attached hydrogens (tertiary/aromatic N) is 4. The Morgan fingerprint density at radius 1 is 1.07 bits per heavy atom. The van der Waals surface area contributed by atoms with Gasteiger partial charge >= 0.3 is 0 Å². The molecule has 1 N–H and O–H groups in total. The van der Waals surface area contributed by atoms with Crippen molar-refractivity contribution in [3.05, 3.63) is 70.8 Å². The lowest BCUT2D eigenvalue weighted by atomic mass is 10.0. The monoisotopic (exact) mass is 397 g/mol. The van der Waals surface area contributed by atoms with Gasteiger partial charge in [0.25, 0.3) is 0 Å². The molecule has 0 radical (unpaired) electrons. The Bertz CT molecular complexity index is 977. The molecule has 27 heavy (non-hydrogen) atoms. The second kappa shape index (κ2) is 7.29. The Hall–Kier alpha value is -2.44. The van der Waals surface area contributed by atoms with Crippen LogP contribution in [0.2, 0.25) is 5.02 Å². The predicted molar refractivity (Wildman–Crippen MR) is 114 cm³/mol. The number of nitrogens with one attached hydrogen (secondary N) is 1. The van der Waals surface area contributed by atoms with Crippen LogP contribution in [0.3, 0.4) is 0 Å². The Labute approximate surface area is 168 Å². The maximum atomic E-state index is 6.05. The normalized spacial score (nSPS) is 15.7. The van der Waals surface area contributed by atoms with E-state index in [1.165, 1.54) is 17.4 Å². The SMILES string of the molecule is CSc1nc2n(n1)C(c1ccc(N(C)C)cc1)C=C(c1ccc(Cl)cc1)N2. The molecule has 0 spiro atoms. The molecule has 1 aliphatic rings. The molecule has 3 aromatic rings. The zero-order chi connectivity index (χ0) is 19.0. The van der Waals surface area contributed by atoms with Gasteiger partial charge in [-0.3, -0.25) is 0 Å². The van der Waals surface area contributed by atoms with E-state index in [2.05, 4.69) is 50.6 Å². The van der Waals surface area contributed by atoms with Crippen LogP contribution in [-0.4, -0.2) is 35.1 Å². The Morgan fingerprint density at radius 3 is 2.41 bits per heavy atom. The van der Waals surface area contributed by atoms with E-state index in [1.807, 2.05) is 49.3 Å². The van der Waals surface area contributed by atoms with Crippen LogP contribution in [0.5, 0.6) is 0 Å². The summed E-state index contributed by atoms with van der Waals surface area (Å²) in [7, 11) is 4.08. The largest absolute Gasteiger partial charge is 0.378 e. The third-order valence-corrected chi connectivity index (χ3v) is 5.33. The average molecular weight is 398 g/mol. The van der Waals surface area contributed by atoms with Crippen LogP contribution in [0.4, 0.5) is 11.6 Å². The summed E-state index contributed by atoms with van der Waals surface area (Å²) in [4.78, 5) is 6.70. The smallest absolute Gasteiger partial charge is 0.227 e. The Morgan fingerprint density at radius 2 is 1.78 bits per heavy atom. The molecule has 1 aliphatic heterocycles. The number of allylic oxidation sites excluding steroid dienone is 1. The first-order valence-electron chi connectivity index (χ1n) is 8.58. The van der Waals surface area contributed by atoms with Crippen molar-refractivity contribution in [1.82, 2.24) is 14.8 Å². The number of aromatic nitrogens is 3. The van der Waals surface area contributed by atoms with Crippen molar-refractivity contribution in [2.75, 3.05) is 30.6 Å². The Kier molecular flexibility index (Phi) is 4.85. The van der Waals surface area contributed by atoms with E-state index < -0.39 is 0 Å². The van der Waals surface area contributed by atoms with E-state index in [1.54, 1.807) is 0 Å². The molecule has 0 bridgehead atoms. The van der Waals surface area contributed by atoms with Gasteiger partial charge in [0.05, 0.1) is 0 Å². The topological polar surface area (TPSA) is 46.0 Å². The fourth-order valence-corrected chi connectivity index (χ4v) is 3.54. The van der Waals surface area contributed by atoms with Crippen molar-refractivity contribution in [3.8, 4) is 0 Å². The minimum atomic E-state index is -0.0310. The van der Waals surface area contributed by atoms with Crippen LogP contribution in [0.25, 0.3) is 5.70 Å². The first-order valence-corrected chi connectivity index (χ1v) is 10.2. The standard InChI is InChI=1S/C20H20ClN5S/c1-25(2)16-10-6-14(7-11-16)18-12-17(13-4-8-15(21)9-5-13)22-19-23-20(27-3)24-26(18)19/h4-12,18H,1-3H3,(H,22,23,24). The minimum Gasteiger partial charge on any atom is -0.378 e. The summed E-state index contributed by atoms with van der Waals surface area (Å²) in [5, 5.41) is 9.53. The summed E-state index contributed by atoms with van der Waals surface area (Å²) in [6.07, 6.45) is 4.16. The molecule has 0 saturated heterocycles. The summed E-state index contributed by atoms with van der Waals surface area (Å²) in [5.74, 6) is 0.744. The molecule has 1 unspecified atom stereocenters. The molecule has 7 heteroatoms. The number of hydrogen-bond donors (Lipinski definition) is 1. The van der Waals surface area contributed by atoms with Crippen molar-refractivity contribution in [3.63, 3.8) is 0 Å². The first kappa shape index (κ1) is 17.9. The molecule has 0 fully saturated rings. The van der Waals surface area contributed by atoms with Crippen LogP contribution in [0.1, 0.15) is 17.2 Å². The summed E-state index contributed by atoms with van der Waals surface area (Å²) < 4.78 is 1.94. The van der Waals surface area contributed by atoms with Gasteiger partial charge in [-0.05, 0) is 47.7 Å². The number of hydrogen-bond acceptors (Lipinski definition) is 5. The number of rotatable bonds is 4. The number of anilines is 2. The highest BCUT2D eigenvalue weighted by Gasteiger charge is 2.25. The third-order valence-electron chi connectivity index (χ3n) is 4.54. The van der Waals surface area contributed by atoms with Gasteiger partial charge in [0.2, 0.25) is 11.1 Å². The molecular formula is C20H20ClN5S. The van der Waals surface area contributed by atoms with Crippen molar-refractivity contribution in [1.29, 1.82) is 0 Å². The summed E-state index contributed by atoms with van der Waals surface area (Å²) in [6.45, 7) is 0. The van der Waals surface area contributed by atoms with Gasteiger partial charge in [-0.15, -0.1) is 5.10 Å². The molecule has 2 aromatic carbocycles. The van der Waals surface area contributed by atoms with Crippen LogP contribution in [0.15, 0.2) is 59.8 Å². The number of halogens is 1. The van der Waals surface area contributed by atoms with Crippen LogP contribution in [-0.2, 0) is 0 Å². The van der Waals surface area contributed by atoms with Gasteiger partial charge in [0.15, 0.2) is 0 Å². The number of thioether (sulfide) groups is 1. The molecule has 4 rings (SSSR count). The molecule has 0 saturated carbocycles. The fraction of sp³-hybridized carbons (Fsp3) is 0.200. The second-order valence-corrected chi connectivity index (χ2v) is 7.72. The van der Waals surface area contributed by atoms with E-state index >= 15 is 0 Å². The number of benzene rings is 2. The molecule has 0 aliphatic carbocycles. The maximum absolute atomic E-state index is 6.05. The van der Waals surface area contributed by atoms with Gasteiger partial charge in [-0.1, -0.05) is 47.6 Å². The molecule has 5 nitrogen and oxygen atoms in total. The van der Waals surface area contributed by atoms with Crippen LogP contribution < -0.4 is 10.2 Å². The third kappa shape index (κ3) is 3.55. The van der Waals surface area contributed by atoms with E-state index in [-0.39, 0.29) is 6.04 Å². The van der Waals surface area contributed by atoms with Gasteiger partial charge in [0, 0.05) is 30.5 Å². The average Bonchev–Trinajstić information content (AvgIpc) is 3.11. The number of fused-ring (bicyclic) bond motifs is 1. The van der Waals surface area contributed by atoms with Crippen molar-refractivity contribution in [2.45, 2.75) is 11.2 Å². The first-order chi connectivity index (χ1) is 13.0. The summed E-state index contributed by atoms with van der Waals surface area (Å²) >= 11 is 7.58. The second-order valence-electron chi connectivity index (χ2n) is 6.51. The van der Waals surface area contributed by atoms with E-state index in [0.717, 1.165) is 33.0 Å². The van der Waals surface area contributed by atoms with Crippen molar-refractivity contribution in [2.24, 2.45) is 0 Å². The van der Waals surface area contributed by atoms with E-state index in [4.69, 9.17) is 11.6 Å². The molecule has 138 valence electrons. The van der Waals surface area contributed by atoms with Gasteiger partial charge in [-0.25, -0.2) is 4.68 Å². The molecule has 1 atom stereocenters. The van der Waals surface area contributed by atoms with Gasteiger partial charge in [0.1, 0.15) is 6.04 Å². The highest BCUT2D eigenvalue weighted by molar-refractivity contribution is 7.98. The van der Waals surface area contributed by atoms with Crippen molar-refractivity contribution < 1.29 is 0 Å². The van der Waals surface area contributed by atoms with Gasteiger partial charge < -0.3 is 10.2 Å². The van der Waals surface area contributed by atoms with E-state index in [9.17, 15) is 0 Å². The lowest BCUT2D eigenvalue weighted by molar-refractivity contribution is 0.598. The molecule has 2 heterocycles. The predicted octanol–water partition coefficient (Wildman–Crippen LogP) is 4.78. The summed E-state index contributed by atoms with van der Waals surface area (Å²) in [5.41, 5.74) is 4.39. The summed E-state index contributed by atoms with van der Waals surface area (Å²) in [6, 6.07) is 16.3. The van der Waals surface area contributed by atoms with Crippen molar-refractivity contribution >= 4 is 40.7 Å². The minimum absolute atomic E-state index is 0.0310. The van der Waals surface area contributed by atoms with Gasteiger partial charge in [-0.2, -0.15) is 4.98 Å². The highest BCUT2D eigenvalue weighted by atomic mass is 35.5. The maximum Gasteiger partial charge on any atom is 0.227 e. The van der Waals surface area contributed by atoms with E-state index in [0.29, 0.717) is 0 Å². The zero-order valence-corrected chi connectivity index (χ0v) is 16.9. The zero-order valence-electron chi connectivity index (χ0n) is 15.3. The Balaban J connectivity index is 1.78.